The van der Waals surface area contributed by atoms with Gasteiger partial charge in [0, 0.05) is 11.1 Å². The Bertz CT molecular complexity index is 951. The number of carbonyl (C=O) groups excluding carboxylic acids is 2. The molecule has 0 radical (unpaired) electrons. The SMILES string of the molecule is CCOC(=O)c1cc2ccsc2n1[C@H](C)C(=O)Nc1c(C)cccc1C. The van der Waals surface area contributed by atoms with E-state index in [0.717, 1.165) is 27.0 Å². The maximum Gasteiger partial charge on any atom is 0.355 e. The van der Waals surface area contributed by atoms with E-state index in [1.54, 1.807) is 24.5 Å². The summed E-state index contributed by atoms with van der Waals surface area (Å²) in [6, 6.07) is 9.06. The molecule has 3 aromatic rings. The molecule has 2 heterocycles. The summed E-state index contributed by atoms with van der Waals surface area (Å²) in [5.74, 6) is -0.582. The largest absolute Gasteiger partial charge is 0.461 e. The molecule has 26 heavy (non-hydrogen) atoms. The zero-order valence-electron chi connectivity index (χ0n) is 15.3. The van der Waals surface area contributed by atoms with Crippen molar-refractivity contribution >= 4 is 39.1 Å². The molecular weight excluding hydrogens is 348 g/mol. The van der Waals surface area contributed by atoms with Crippen molar-refractivity contribution in [2.75, 3.05) is 11.9 Å². The van der Waals surface area contributed by atoms with E-state index in [0.29, 0.717) is 12.3 Å². The third-order valence-corrected chi connectivity index (χ3v) is 5.35. The van der Waals surface area contributed by atoms with Crippen LogP contribution in [0.2, 0.25) is 0 Å². The lowest BCUT2D eigenvalue weighted by molar-refractivity contribution is -0.118. The van der Waals surface area contributed by atoms with E-state index in [1.807, 2.05) is 43.5 Å². The van der Waals surface area contributed by atoms with Crippen molar-refractivity contribution in [2.45, 2.75) is 33.7 Å². The molecule has 1 amide bonds. The summed E-state index contributed by atoms with van der Waals surface area (Å²) in [4.78, 5) is 26.2. The molecule has 0 aliphatic rings. The molecule has 0 saturated carbocycles. The maximum atomic E-state index is 12.9. The van der Waals surface area contributed by atoms with Crippen LogP contribution in [0.15, 0.2) is 35.7 Å². The van der Waals surface area contributed by atoms with Crippen LogP contribution in [-0.2, 0) is 9.53 Å². The normalized spacial score (nSPS) is 12.2. The number of aryl methyl sites for hydroxylation is 2. The summed E-state index contributed by atoms with van der Waals surface area (Å²) in [5, 5.41) is 5.90. The van der Waals surface area contributed by atoms with Crippen LogP contribution in [0.1, 0.15) is 41.5 Å². The van der Waals surface area contributed by atoms with Crippen molar-refractivity contribution in [3.63, 3.8) is 0 Å². The van der Waals surface area contributed by atoms with Crippen LogP contribution in [0, 0.1) is 13.8 Å². The van der Waals surface area contributed by atoms with Gasteiger partial charge in [-0.25, -0.2) is 4.79 Å². The Morgan fingerprint density at radius 1 is 1.23 bits per heavy atom. The van der Waals surface area contributed by atoms with E-state index in [1.165, 1.54) is 11.3 Å². The number of aromatic nitrogens is 1. The molecule has 0 unspecified atom stereocenters. The van der Waals surface area contributed by atoms with Crippen molar-refractivity contribution in [1.82, 2.24) is 4.57 Å². The van der Waals surface area contributed by atoms with Crippen molar-refractivity contribution in [2.24, 2.45) is 0 Å². The fourth-order valence-corrected chi connectivity index (χ4v) is 4.02. The number of benzene rings is 1. The van der Waals surface area contributed by atoms with Crippen LogP contribution in [0.5, 0.6) is 0 Å². The lowest BCUT2D eigenvalue weighted by atomic mass is 10.1. The van der Waals surface area contributed by atoms with Crippen molar-refractivity contribution in [3.8, 4) is 0 Å². The van der Waals surface area contributed by atoms with Crippen LogP contribution in [0.3, 0.4) is 0 Å². The van der Waals surface area contributed by atoms with Crippen LogP contribution >= 0.6 is 11.3 Å². The van der Waals surface area contributed by atoms with E-state index in [4.69, 9.17) is 4.74 Å². The molecule has 136 valence electrons. The van der Waals surface area contributed by atoms with Crippen molar-refractivity contribution in [1.29, 1.82) is 0 Å². The van der Waals surface area contributed by atoms with Gasteiger partial charge in [-0.2, -0.15) is 0 Å². The van der Waals surface area contributed by atoms with Crippen LogP contribution in [-0.4, -0.2) is 23.1 Å². The zero-order valence-corrected chi connectivity index (χ0v) is 16.1. The number of fused-ring (bicyclic) bond motifs is 1. The second-order valence-electron chi connectivity index (χ2n) is 6.23. The molecule has 0 saturated heterocycles. The molecule has 1 atom stereocenters. The van der Waals surface area contributed by atoms with Gasteiger partial charge in [0.1, 0.15) is 16.6 Å². The van der Waals surface area contributed by atoms with Crippen LogP contribution in [0.4, 0.5) is 5.69 Å². The second kappa shape index (κ2) is 7.33. The van der Waals surface area contributed by atoms with E-state index in [2.05, 4.69) is 5.32 Å². The topological polar surface area (TPSA) is 60.3 Å². The summed E-state index contributed by atoms with van der Waals surface area (Å²) in [5.41, 5.74) is 3.23. The number of nitrogens with one attached hydrogen (secondary N) is 1. The Morgan fingerprint density at radius 3 is 2.58 bits per heavy atom. The molecule has 6 heteroatoms. The average Bonchev–Trinajstić information content (AvgIpc) is 3.18. The summed E-state index contributed by atoms with van der Waals surface area (Å²) in [6.07, 6.45) is 0. The number of hydrogen-bond donors (Lipinski definition) is 1. The van der Waals surface area contributed by atoms with Gasteiger partial charge >= 0.3 is 5.97 Å². The summed E-state index contributed by atoms with van der Waals surface area (Å²) in [7, 11) is 0. The standard InChI is InChI=1S/C20H22N2O3S/c1-5-25-20(24)16-11-15-9-10-26-19(15)22(16)14(4)18(23)21-17-12(2)7-6-8-13(17)3/h6-11,14H,5H2,1-4H3,(H,21,23)/t14-/m1/s1. The van der Waals surface area contributed by atoms with Gasteiger partial charge in [-0.15, -0.1) is 11.3 Å². The number of nitrogens with zero attached hydrogens (tertiary/aromatic N) is 1. The fourth-order valence-electron chi connectivity index (χ4n) is 3.05. The van der Waals surface area contributed by atoms with Gasteiger partial charge in [0.2, 0.25) is 5.91 Å². The first kappa shape index (κ1) is 18.2. The molecule has 0 bridgehead atoms. The number of para-hydroxylation sites is 1. The highest BCUT2D eigenvalue weighted by atomic mass is 32.1. The molecule has 5 nitrogen and oxygen atoms in total. The molecule has 1 N–H and O–H groups in total. The average molecular weight is 370 g/mol. The molecule has 0 aliphatic carbocycles. The number of anilines is 1. The number of rotatable bonds is 5. The Morgan fingerprint density at radius 2 is 1.92 bits per heavy atom. The van der Waals surface area contributed by atoms with Gasteiger partial charge in [-0.1, -0.05) is 18.2 Å². The van der Waals surface area contributed by atoms with E-state index >= 15 is 0 Å². The Labute approximate surface area is 156 Å². The van der Waals surface area contributed by atoms with Crippen molar-refractivity contribution < 1.29 is 14.3 Å². The highest BCUT2D eigenvalue weighted by Gasteiger charge is 2.25. The molecule has 0 fully saturated rings. The Hall–Kier alpha value is -2.60. The fraction of sp³-hybridized carbons (Fsp3) is 0.300. The molecule has 1 aromatic carbocycles. The summed E-state index contributed by atoms with van der Waals surface area (Å²) >= 11 is 1.50. The maximum absolute atomic E-state index is 12.9. The minimum atomic E-state index is -0.551. The zero-order chi connectivity index (χ0) is 18.8. The van der Waals surface area contributed by atoms with Crippen LogP contribution in [0.25, 0.3) is 10.2 Å². The van der Waals surface area contributed by atoms with E-state index in [9.17, 15) is 9.59 Å². The lowest BCUT2D eigenvalue weighted by Gasteiger charge is -2.19. The Kier molecular flexibility index (Phi) is 5.13. The molecule has 0 spiro atoms. The number of hydrogen-bond acceptors (Lipinski definition) is 4. The number of carbonyl (C=O) groups is 2. The van der Waals surface area contributed by atoms with Gasteiger partial charge in [0.25, 0.3) is 0 Å². The van der Waals surface area contributed by atoms with Gasteiger partial charge in [0.05, 0.1) is 6.61 Å². The van der Waals surface area contributed by atoms with Gasteiger partial charge < -0.3 is 14.6 Å². The smallest absolute Gasteiger partial charge is 0.355 e. The van der Waals surface area contributed by atoms with Gasteiger partial charge in [-0.3, -0.25) is 4.79 Å². The third kappa shape index (κ3) is 3.24. The minimum Gasteiger partial charge on any atom is -0.461 e. The molecular formula is C20H22N2O3S. The monoisotopic (exact) mass is 370 g/mol. The number of thiophene rings is 1. The van der Waals surface area contributed by atoms with E-state index in [-0.39, 0.29) is 5.91 Å². The lowest BCUT2D eigenvalue weighted by Crippen LogP contribution is -2.26. The molecule has 3 rings (SSSR count). The predicted octanol–water partition coefficient (Wildman–Crippen LogP) is 4.70. The predicted molar refractivity (Wildman–Crippen MR) is 105 cm³/mol. The molecule has 0 aliphatic heterocycles. The second-order valence-corrected chi connectivity index (χ2v) is 7.13. The highest BCUT2D eigenvalue weighted by Crippen LogP contribution is 2.30. The van der Waals surface area contributed by atoms with Crippen molar-refractivity contribution in [3.05, 3.63) is 52.5 Å². The first-order chi connectivity index (χ1) is 12.4. The van der Waals surface area contributed by atoms with Gasteiger partial charge in [-0.05, 0) is 56.3 Å². The van der Waals surface area contributed by atoms with E-state index < -0.39 is 12.0 Å². The van der Waals surface area contributed by atoms with Gasteiger partial charge in [0.15, 0.2) is 0 Å². The first-order valence-corrected chi connectivity index (χ1v) is 9.44. The number of esters is 1. The quantitative estimate of drug-likeness (QED) is 0.663. The highest BCUT2D eigenvalue weighted by molar-refractivity contribution is 7.16. The minimum absolute atomic E-state index is 0.168. The third-order valence-electron chi connectivity index (χ3n) is 4.43. The summed E-state index contributed by atoms with van der Waals surface area (Å²) in [6.45, 7) is 7.78. The molecule has 2 aromatic heterocycles. The van der Waals surface area contributed by atoms with Crippen LogP contribution < -0.4 is 5.32 Å². The first-order valence-electron chi connectivity index (χ1n) is 8.56. The number of ether oxygens (including phenoxy) is 1. The Balaban J connectivity index is 1.97. The number of amides is 1. The summed E-state index contributed by atoms with van der Waals surface area (Å²) < 4.78 is 6.93.